The van der Waals surface area contributed by atoms with Crippen molar-refractivity contribution < 1.29 is 24.5 Å². The molecule has 3 heterocycles. The molecule has 5 aromatic carbocycles. The van der Waals surface area contributed by atoms with Gasteiger partial charge in [-0.1, -0.05) is 160 Å². The second kappa shape index (κ2) is 17.4. The fraction of sp³-hybridized carbons (Fsp3) is 0.333. The Kier molecular flexibility index (Phi) is 13.0. The van der Waals surface area contributed by atoms with Gasteiger partial charge in [-0.15, -0.1) is 53.6 Å². The molecule has 0 atom stereocenters. The normalized spacial score (nSPS) is 12.3. The van der Waals surface area contributed by atoms with Gasteiger partial charge in [0.1, 0.15) is 5.58 Å². The number of nitrogens with zero attached hydrogens (tertiary/aromatic N) is 3. The van der Waals surface area contributed by atoms with Gasteiger partial charge in [-0.05, 0) is 69.3 Å². The monoisotopic (exact) mass is 988 g/mol. The average molecular weight is 988 g/mol. The maximum atomic E-state index is 6.40. The number of pyridine rings is 1. The molecule has 0 aliphatic heterocycles. The maximum Gasteiger partial charge on any atom is 0.120 e. The minimum absolute atomic E-state index is 0. The zero-order chi connectivity index (χ0) is 42.4. The molecule has 3 aromatic heterocycles. The molecular weight excluding hydrogens is 927 g/mol. The standard InChI is InChI=1S/C31H27N2O.C23H34NSi.Ir/c1-19(2)21-12-9-13-22(20(3)4)29(21)33-27-17-7-6-16-26(27)32-31(33)25-15-10-14-24-23-11-5-8-18-28(23)34-30(24)25;1-22(2,3)15-18-14-20(24-16-21(18)25(7,8)9)17-11-10-12-19(13-17)23(4,5)6;/h5-14,16-20H,1-4H3;10,12-14,16H,15H2,1-9H3;/q2*-1;. The van der Waals surface area contributed by atoms with Gasteiger partial charge in [-0.3, -0.25) is 4.98 Å². The van der Waals surface area contributed by atoms with Gasteiger partial charge in [0.2, 0.25) is 0 Å². The van der Waals surface area contributed by atoms with Crippen molar-refractivity contribution in [2.24, 2.45) is 5.41 Å². The van der Waals surface area contributed by atoms with Crippen LogP contribution in [0.25, 0.3) is 61.3 Å². The van der Waals surface area contributed by atoms with E-state index in [0.717, 1.165) is 62.0 Å². The van der Waals surface area contributed by atoms with Crippen molar-refractivity contribution in [1.82, 2.24) is 14.5 Å². The summed E-state index contributed by atoms with van der Waals surface area (Å²) in [5.74, 6) is 1.60. The number of imidazole rings is 1. The molecule has 0 bridgehead atoms. The van der Waals surface area contributed by atoms with Gasteiger partial charge in [0.05, 0.1) is 30.5 Å². The van der Waals surface area contributed by atoms with Gasteiger partial charge < -0.3 is 14.0 Å². The smallest absolute Gasteiger partial charge is 0.120 e. The van der Waals surface area contributed by atoms with Crippen molar-refractivity contribution in [1.29, 1.82) is 0 Å². The van der Waals surface area contributed by atoms with Crippen LogP contribution in [0.2, 0.25) is 19.6 Å². The first kappa shape index (κ1) is 44.9. The van der Waals surface area contributed by atoms with E-state index in [-0.39, 0.29) is 30.9 Å². The molecule has 313 valence electrons. The number of hydrogen-bond acceptors (Lipinski definition) is 3. The van der Waals surface area contributed by atoms with Crippen LogP contribution in [0.3, 0.4) is 0 Å². The summed E-state index contributed by atoms with van der Waals surface area (Å²) in [6, 6.07) is 42.9. The predicted octanol–water partition coefficient (Wildman–Crippen LogP) is 14.6. The van der Waals surface area contributed by atoms with Crippen LogP contribution in [-0.2, 0) is 31.9 Å². The van der Waals surface area contributed by atoms with E-state index >= 15 is 0 Å². The minimum atomic E-state index is -1.42. The van der Waals surface area contributed by atoms with Crippen molar-refractivity contribution in [3.05, 3.63) is 144 Å². The van der Waals surface area contributed by atoms with Crippen molar-refractivity contribution in [3.63, 3.8) is 0 Å². The van der Waals surface area contributed by atoms with E-state index in [4.69, 9.17) is 14.4 Å². The third-order valence-corrected chi connectivity index (χ3v) is 13.2. The Bertz CT molecular complexity index is 2740. The molecule has 0 aliphatic rings. The first-order chi connectivity index (χ1) is 27.8. The molecule has 6 heteroatoms. The molecule has 60 heavy (non-hydrogen) atoms. The molecule has 0 fully saturated rings. The quantitative estimate of drug-likeness (QED) is 0.118. The number of furan rings is 1. The van der Waals surface area contributed by atoms with Crippen LogP contribution in [0.15, 0.2) is 114 Å². The van der Waals surface area contributed by atoms with Gasteiger partial charge in [0.15, 0.2) is 0 Å². The van der Waals surface area contributed by atoms with Gasteiger partial charge in [-0.2, -0.15) is 0 Å². The van der Waals surface area contributed by atoms with Crippen LogP contribution in [-0.4, -0.2) is 22.6 Å². The molecule has 0 amide bonds. The molecule has 8 aromatic rings. The van der Waals surface area contributed by atoms with Crippen molar-refractivity contribution in [2.75, 3.05) is 0 Å². The fourth-order valence-corrected chi connectivity index (χ4v) is 9.74. The van der Waals surface area contributed by atoms with E-state index in [1.807, 2.05) is 30.3 Å². The van der Waals surface area contributed by atoms with Crippen LogP contribution < -0.4 is 5.19 Å². The summed E-state index contributed by atoms with van der Waals surface area (Å²) in [5.41, 5.74) is 13.8. The van der Waals surface area contributed by atoms with Gasteiger partial charge >= 0.3 is 0 Å². The van der Waals surface area contributed by atoms with Crippen LogP contribution in [0.4, 0.5) is 0 Å². The molecular formula is C54H61IrN3OSi-2. The summed E-state index contributed by atoms with van der Waals surface area (Å²) in [5, 5.41) is 3.68. The number of benzene rings is 5. The Balaban J connectivity index is 0.000000208. The van der Waals surface area contributed by atoms with Crippen LogP contribution >= 0.6 is 0 Å². The van der Waals surface area contributed by atoms with E-state index < -0.39 is 8.07 Å². The number of hydrogen-bond donors (Lipinski definition) is 0. The Hall–Kier alpha value is -4.61. The number of fused-ring (bicyclic) bond motifs is 4. The van der Waals surface area contributed by atoms with E-state index in [2.05, 4.69) is 185 Å². The molecule has 0 saturated heterocycles. The average Bonchev–Trinajstić information content (AvgIpc) is 3.75. The maximum absolute atomic E-state index is 6.40. The molecule has 0 spiro atoms. The zero-order valence-electron chi connectivity index (χ0n) is 37.8. The van der Waals surface area contributed by atoms with Crippen molar-refractivity contribution in [3.8, 4) is 28.3 Å². The summed E-state index contributed by atoms with van der Waals surface area (Å²) in [4.78, 5) is 9.98. The molecule has 0 aliphatic carbocycles. The molecule has 0 saturated carbocycles. The largest absolute Gasteiger partial charge is 0.501 e. The Morgan fingerprint density at radius 3 is 2.03 bits per heavy atom. The topological polar surface area (TPSA) is 43.9 Å². The van der Waals surface area contributed by atoms with E-state index in [1.54, 1.807) is 0 Å². The summed E-state index contributed by atoms with van der Waals surface area (Å²) >= 11 is 0. The van der Waals surface area contributed by atoms with E-state index in [0.29, 0.717) is 11.8 Å². The van der Waals surface area contributed by atoms with Crippen molar-refractivity contribution >= 4 is 46.2 Å². The second-order valence-electron chi connectivity index (χ2n) is 20.0. The van der Waals surface area contributed by atoms with Gasteiger partial charge in [0, 0.05) is 37.4 Å². The summed E-state index contributed by atoms with van der Waals surface area (Å²) in [7, 11) is -1.42. The first-order valence-corrected chi connectivity index (χ1v) is 24.8. The zero-order valence-corrected chi connectivity index (χ0v) is 41.2. The summed E-state index contributed by atoms with van der Waals surface area (Å²) in [6.45, 7) is 29.9. The molecule has 4 nitrogen and oxygen atoms in total. The first-order valence-electron chi connectivity index (χ1n) is 21.3. The Labute approximate surface area is 373 Å². The number of aromatic nitrogens is 3. The van der Waals surface area contributed by atoms with Crippen LogP contribution in [0.5, 0.6) is 0 Å². The third-order valence-electron chi connectivity index (χ3n) is 11.2. The summed E-state index contributed by atoms with van der Waals surface area (Å²) < 4.78 is 8.73. The van der Waals surface area contributed by atoms with Gasteiger partial charge in [-0.25, -0.2) is 0 Å². The van der Waals surface area contributed by atoms with Crippen LogP contribution in [0.1, 0.15) is 103 Å². The number of para-hydroxylation sites is 4. The SMILES string of the molecule is CC(C)(C)Cc1cc(-c2[c-]ccc(C(C)(C)C)c2)ncc1[Si](C)(C)C.CC(C)c1cccc(C(C)C)c1-n1c(-c2[c-]ccc3c2oc2ccccc23)nc2ccccc21.[Ir]. The van der Waals surface area contributed by atoms with Crippen molar-refractivity contribution in [2.45, 2.75) is 113 Å². The fourth-order valence-electron chi connectivity index (χ4n) is 8.16. The second-order valence-corrected chi connectivity index (χ2v) is 25.0. The van der Waals surface area contributed by atoms with E-state index in [9.17, 15) is 0 Å². The summed E-state index contributed by atoms with van der Waals surface area (Å²) in [6.07, 6.45) is 3.22. The molecule has 1 radical (unpaired) electrons. The molecule has 0 N–H and O–H groups in total. The number of rotatable bonds is 7. The van der Waals surface area contributed by atoms with E-state index in [1.165, 1.54) is 33.1 Å². The third kappa shape index (κ3) is 9.32. The Morgan fingerprint density at radius 1 is 0.733 bits per heavy atom. The van der Waals surface area contributed by atoms with Crippen LogP contribution in [0, 0.1) is 17.5 Å². The minimum Gasteiger partial charge on any atom is -0.501 e. The Morgan fingerprint density at radius 2 is 1.38 bits per heavy atom. The predicted molar refractivity (Wildman–Crippen MR) is 254 cm³/mol. The molecule has 0 unspecified atom stereocenters. The van der Waals surface area contributed by atoms with Gasteiger partial charge in [0.25, 0.3) is 0 Å². The molecule has 8 rings (SSSR count).